The fraction of sp³-hybridized carbons (Fsp3) is 0.714. The summed E-state index contributed by atoms with van der Waals surface area (Å²) in [6, 6.07) is 0. The minimum atomic E-state index is 0.0943. The van der Waals surface area contributed by atoms with Crippen molar-refractivity contribution >= 4 is 15.9 Å². The van der Waals surface area contributed by atoms with Crippen molar-refractivity contribution in [3.8, 4) is 0 Å². The van der Waals surface area contributed by atoms with Crippen molar-refractivity contribution in [1.82, 2.24) is 9.97 Å². The normalized spacial score (nSPS) is 17.2. The standard InChI is InChI=1S/C14H21BrN2O/c1-4-18-13(10-5-6-10)14-16-8-11(7-15)12(17-14)9(2)3/h8-10,13H,4-7H2,1-3H3. The van der Waals surface area contributed by atoms with E-state index >= 15 is 0 Å². The lowest BCUT2D eigenvalue weighted by Gasteiger charge is -2.18. The van der Waals surface area contributed by atoms with Gasteiger partial charge in [0.25, 0.3) is 0 Å². The highest BCUT2D eigenvalue weighted by Crippen LogP contribution is 2.42. The third kappa shape index (κ3) is 3.09. The van der Waals surface area contributed by atoms with Crippen molar-refractivity contribution < 1.29 is 4.74 Å². The lowest BCUT2D eigenvalue weighted by molar-refractivity contribution is 0.0398. The number of halogens is 1. The van der Waals surface area contributed by atoms with Gasteiger partial charge < -0.3 is 4.74 Å². The number of alkyl halides is 1. The molecule has 0 N–H and O–H groups in total. The third-order valence-corrected chi connectivity index (χ3v) is 3.86. The second kappa shape index (κ2) is 6.11. The Morgan fingerprint density at radius 2 is 2.17 bits per heavy atom. The molecule has 0 bridgehead atoms. The summed E-state index contributed by atoms with van der Waals surface area (Å²) in [5.41, 5.74) is 2.32. The summed E-state index contributed by atoms with van der Waals surface area (Å²) < 4.78 is 5.82. The van der Waals surface area contributed by atoms with Crippen LogP contribution in [-0.4, -0.2) is 16.6 Å². The fourth-order valence-corrected chi connectivity index (χ4v) is 2.61. The van der Waals surface area contributed by atoms with Crippen molar-refractivity contribution in [1.29, 1.82) is 0 Å². The van der Waals surface area contributed by atoms with Crippen LogP contribution in [0.4, 0.5) is 0 Å². The molecule has 1 aromatic rings. The van der Waals surface area contributed by atoms with Crippen molar-refractivity contribution in [3.63, 3.8) is 0 Å². The molecule has 2 rings (SSSR count). The van der Waals surface area contributed by atoms with Crippen LogP contribution in [0, 0.1) is 5.92 Å². The maximum Gasteiger partial charge on any atom is 0.157 e. The molecule has 1 atom stereocenters. The van der Waals surface area contributed by atoms with Gasteiger partial charge in [-0.15, -0.1) is 0 Å². The summed E-state index contributed by atoms with van der Waals surface area (Å²) >= 11 is 3.50. The topological polar surface area (TPSA) is 35.0 Å². The van der Waals surface area contributed by atoms with E-state index in [1.807, 2.05) is 13.1 Å². The zero-order valence-electron chi connectivity index (χ0n) is 11.3. The highest BCUT2D eigenvalue weighted by Gasteiger charge is 2.35. The van der Waals surface area contributed by atoms with E-state index in [2.05, 4.69) is 34.8 Å². The predicted molar refractivity (Wildman–Crippen MR) is 75.8 cm³/mol. The molecule has 0 spiro atoms. The Labute approximate surface area is 117 Å². The first kappa shape index (κ1) is 13.9. The largest absolute Gasteiger partial charge is 0.370 e. The van der Waals surface area contributed by atoms with Gasteiger partial charge in [-0.25, -0.2) is 9.97 Å². The maximum atomic E-state index is 5.82. The van der Waals surface area contributed by atoms with E-state index in [4.69, 9.17) is 9.72 Å². The smallest absolute Gasteiger partial charge is 0.157 e. The zero-order valence-corrected chi connectivity index (χ0v) is 12.9. The average molecular weight is 313 g/mol. The minimum absolute atomic E-state index is 0.0943. The zero-order chi connectivity index (χ0) is 13.1. The molecule has 1 aliphatic carbocycles. The molecular weight excluding hydrogens is 292 g/mol. The van der Waals surface area contributed by atoms with Crippen LogP contribution in [0.15, 0.2) is 6.20 Å². The van der Waals surface area contributed by atoms with Crippen LogP contribution < -0.4 is 0 Å². The van der Waals surface area contributed by atoms with Crippen LogP contribution in [0.2, 0.25) is 0 Å². The first-order chi connectivity index (χ1) is 8.67. The Bertz CT molecular complexity index is 405. The molecule has 1 aromatic heterocycles. The third-order valence-electron chi connectivity index (χ3n) is 3.26. The van der Waals surface area contributed by atoms with Gasteiger partial charge in [0.15, 0.2) is 5.82 Å². The molecule has 1 heterocycles. The Balaban J connectivity index is 2.29. The molecule has 0 amide bonds. The number of nitrogens with zero attached hydrogens (tertiary/aromatic N) is 2. The summed E-state index contributed by atoms with van der Waals surface area (Å²) in [5.74, 6) is 1.91. The number of hydrogen-bond acceptors (Lipinski definition) is 3. The van der Waals surface area contributed by atoms with E-state index in [0.29, 0.717) is 11.8 Å². The van der Waals surface area contributed by atoms with Crippen LogP contribution in [0.5, 0.6) is 0 Å². The highest BCUT2D eigenvalue weighted by atomic mass is 79.9. The van der Waals surface area contributed by atoms with Crippen molar-refractivity contribution in [2.45, 2.75) is 51.0 Å². The summed E-state index contributed by atoms with van der Waals surface area (Å²) in [4.78, 5) is 9.26. The molecule has 100 valence electrons. The number of hydrogen-bond donors (Lipinski definition) is 0. The van der Waals surface area contributed by atoms with Gasteiger partial charge in [0.1, 0.15) is 6.10 Å². The lowest BCUT2D eigenvalue weighted by Crippen LogP contribution is -2.13. The second-order valence-corrected chi connectivity index (χ2v) is 5.70. The molecule has 0 aromatic carbocycles. The summed E-state index contributed by atoms with van der Waals surface area (Å²) in [6.45, 7) is 7.10. The van der Waals surface area contributed by atoms with Gasteiger partial charge in [-0.3, -0.25) is 0 Å². The van der Waals surface area contributed by atoms with E-state index in [9.17, 15) is 0 Å². The van der Waals surface area contributed by atoms with Gasteiger partial charge >= 0.3 is 0 Å². The number of ether oxygens (including phenoxy) is 1. The molecule has 0 radical (unpaired) electrons. The average Bonchev–Trinajstić information content (AvgIpc) is 3.19. The molecule has 1 fully saturated rings. The van der Waals surface area contributed by atoms with Gasteiger partial charge in [0.2, 0.25) is 0 Å². The molecule has 0 saturated heterocycles. The maximum absolute atomic E-state index is 5.82. The summed E-state index contributed by atoms with van der Waals surface area (Å²) in [5, 5.41) is 0.809. The molecule has 3 nitrogen and oxygen atoms in total. The van der Waals surface area contributed by atoms with Crippen molar-refractivity contribution in [2.75, 3.05) is 6.61 Å². The second-order valence-electron chi connectivity index (χ2n) is 5.14. The van der Waals surface area contributed by atoms with Crippen LogP contribution >= 0.6 is 15.9 Å². The van der Waals surface area contributed by atoms with Crippen LogP contribution in [-0.2, 0) is 10.1 Å². The number of rotatable bonds is 6. The van der Waals surface area contributed by atoms with Gasteiger partial charge in [-0.05, 0) is 31.6 Å². The molecule has 0 aliphatic heterocycles. The first-order valence-corrected chi connectivity index (χ1v) is 7.82. The van der Waals surface area contributed by atoms with Gasteiger partial charge in [0.05, 0.1) is 5.69 Å². The predicted octanol–water partition coefficient (Wildman–Crippen LogP) is 3.98. The summed E-state index contributed by atoms with van der Waals surface area (Å²) in [7, 11) is 0. The van der Waals surface area contributed by atoms with E-state index in [-0.39, 0.29) is 6.10 Å². The van der Waals surface area contributed by atoms with Gasteiger partial charge in [0, 0.05) is 23.7 Å². The quantitative estimate of drug-likeness (QED) is 0.745. The van der Waals surface area contributed by atoms with E-state index in [0.717, 1.165) is 23.5 Å². The van der Waals surface area contributed by atoms with Crippen LogP contribution in [0.25, 0.3) is 0 Å². The monoisotopic (exact) mass is 312 g/mol. The Kier molecular flexibility index (Phi) is 4.73. The highest BCUT2D eigenvalue weighted by molar-refractivity contribution is 9.08. The van der Waals surface area contributed by atoms with Crippen LogP contribution in [0.3, 0.4) is 0 Å². The lowest BCUT2D eigenvalue weighted by atomic mass is 10.1. The van der Waals surface area contributed by atoms with E-state index < -0.39 is 0 Å². The first-order valence-electron chi connectivity index (χ1n) is 6.70. The molecular formula is C14H21BrN2O. The SMILES string of the molecule is CCOC(c1ncc(CBr)c(C(C)C)n1)C1CC1. The van der Waals surface area contributed by atoms with E-state index in [1.165, 1.54) is 18.4 Å². The van der Waals surface area contributed by atoms with E-state index in [1.54, 1.807) is 0 Å². The molecule has 4 heteroatoms. The molecule has 1 aliphatic rings. The van der Waals surface area contributed by atoms with Crippen LogP contribution in [0.1, 0.15) is 62.7 Å². The fourth-order valence-electron chi connectivity index (χ4n) is 2.17. The Morgan fingerprint density at radius 3 is 2.67 bits per heavy atom. The van der Waals surface area contributed by atoms with Gasteiger partial charge in [-0.1, -0.05) is 29.8 Å². The summed E-state index contributed by atoms with van der Waals surface area (Å²) in [6.07, 6.45) is 4.52. The molecule has 1 unspecified atom stereocenters. The van der Waals surface area contributed by atoms with Crippen molar-refractivity contribution in [2.24, 2.45) is 5.92 Å². The number of aromatic nitrogens is 2. The Morgan fingerprint density at radius 1 is 1.44 bits per heavy atom. The molecule has 18 heavy (non-hydrogen) atoms. The Hall–Kier alpha value is -0.480. The molecule has 1 saturated carbocycles. The van der Waals surface area contributed by atoms with Gasteiger partial charge in [-0.2, -0.15) is 0 Å². The van der Waals surface area contributed by atoms with Crippen molar-refractivity contribution in [3.05, 3.63) is 23.3 Å². The minimum Gasteiger partial charge on any atom is -0.370 e.